The van der Waals surface area contributed by atoms with Crippen molar-refractivity contribution in [3.05, 3.63) is 35.4 Å². The minimum absolute atomic E-state index is 0.689. The number of rotatable bonds is 8. The smallest absolute Gasteiger partial charge is 0.193 e. The Morgan fingerprint density at radius 3 is 2.69 bits per heavy atom. The molecule has 1 aliphatic heterocycles. The highest BCUT2D eigenvalue weighted by atomic mass is 16.5. The van der Waals surface area contributed by atoms with Crippen LogP contribution in [-0.2, 0) is 11.3 Å². The molecular weight excluding hydrogens is 324 g/mol. The molecule has 0 bridgehead atoms. The zero-order chi connectivity index (χ0) is 18.8. The number of aryl methyl sites for hydroxylation is 1. The molecule has 0 unspecified atom stereocenters. The molecule has 146 valence electrons. The average molecular weight is 361 g/mol. The molecule has 1 fully saturated rings. The minimum atomic E-state index is 0.689. The molecule has 2 rings (SSSR count). The molecule has 5 nitrogen and oxygen atoms in total. The molecule has 26 heavy (non-hydrogen) atoms. The maximum absolute atomic E-state index is 5.18. The van der Waals surface area contributed by atoms with Crippen molar-refractivity contribution in [2.75, 3.05) is 53.5 Å². The molecule has 1 aromatic carbocycles. The van der Waals surface area contributed by atoms with Crippen LogP contribution in [0.4, 0.5) is 0 Å². The van der Waals surface area contributed by atoms with Crippen molar-refractivity contribution >= 4 is 5.96 Å². The van der Waals surface area contributed by atoms with E-state index in [4.69, 9.17) is 9.73 Å². The number of nitrogens with one attached hydrogen (secondary N) is 1. The third-order valence-electron chi connectivity index (χ3n) is 5.18. The van der Waals surface area contributed by atoms with Crippen molar-refractivity contribution in [2.45, 2.75) is 33.2 Å². The largest absolute Gasteiger partial charge is 0.383 e. The van der Waals surface area contributed by atoms with Crippen molar-refractivity contribution in [3.8, 4) is 0 Å². The zero-order valence-corrected chi connectivity index (χ0v) is 17.0. The highest BCUT2D eigenvalue weighted by Gasteiger charge is 2.19. The molecule has 0 spiro atoms. The van der Waals surface area contributed by atoms with Crippen LogP contribution in [0.25, 0.3) is 0 Å². The number of guanidine groups is 1. The first-order chi connectivity index (χ1) is 12.6. The SMILES string of the molecule is CCNC(=NCC1CCN(CCOC)CC1)N(C)Cc1ccccc1C. The van der Waals surface area contributed by atoms with E-state index in [1.807, 2.05) is 0 Å². The fourth-order valence-electron chi connectivity index (χ4n) is 3.42. The fourth-order valence-corrected chi connectivity index (χ4v) is 3.42. The van der Waals surface area contributed by atoms with Crippen LogP contribution < -0.4 is 5.32 Å². The van der Waals surface area contributed by atoms with E-state index in [-0.39, 0.29) is 0 Å². The molecule has 0 saturated carbocycles. The lowest BCUT2D eigenvalue weighted by Gasteiger charge is -2.31. The Morgan fingerprint density at radius 1 is 1.31 bits per heavy atom. The number of benzene rings is 1. The van der Waals surface area contributed by atoms with Gasteiger partial charge in [-0.3, -0.25) is 4.99 Å². The number of nitrogens with zero attached hydrogens (tertiary/aromatic N) is 3. The van der Waals surface area contributed by atoms with Gasteiger partial charge in [-0.05, 0) is 56.8 Å². The normalized spacial score (nSPS) is 16.7. The summed E-state index contributed by atoms with van der Waals surface area (Å²) in [6.07, 6.45) is 2.46. The maximum Gasteiger partial charge on any atom is 0.193 e. The van der Waals surface area contributed by atoms with Gasteiger partial charge in [-0.1, -0.05) is 24.3 Å². The first-order valence-corrected chi connectivity index (χ1v) is 9.89. The van der Waals surface area contributed by atoms with Crippen molar-refractivity contribution in [1.29, 1.82) is 0 Å². The molecule has 5 heteroatoms. The van der Waals surface area contributed by atoms with Gasteiger partial charge in [0.05, 0.1) is 6.61 Å². The van der Waals surface area contributed by atoms with E-state index in [9.17, 15) is 0 Å². The molecule has 1 saturated heterocycles. The maximum atomic E-state index is 5.18. The highest BCUT2D eigenvalue weighted by Crippen LogP contribution is 2.17. The summed E-state index contributed by atoms with van der Waals surface area (Å²) in [5.74, 6) is 1.70. The molecule has 0 radical (unpaired) electrons. The second-order valence-corrected chi connectivity index (χ2v) is 7.25. The van der Waals surface area contributed by atoms with Gasteiger partial charge in [0.25, 0.3) is 0 Å². The Labute approximate surface area is 159 Å². The van der Waals surface area contributed by atoms with Crippen LogP contribution in [0.1, 0.15) is 30.9 Å². The summed E-state index contributed by atoms with van der Waals surface area (Å²) in [5, 5.41) is 3.45. The third kappa shape index (κ3) is 6.61. The van der Waals surface area contributed by atoms with E-state index >= 15 is 0 Å². The van der Waals surface area contributed by atoms with E-state index in [1.165, 1.54) is 37.1 Å². The van der Waals surface area contributed by atoms with Gasteiger partial charge in [0.15, 0.2) is 5.96 Å². The summed E-state index contributed by atoms with van der Waals surface area (Å²) in [6, 6.07) is 8.57. The molecule has 1 N–H and O–H groups in total. The lowest BCUT2D eigenvalue weighted by molar-refractivity contribution is 0.121. The van der Waals surface area contributed by atoms with Crippen molar-refractivity contribution < 1.29 is 4.74 Å². The molecule has 0 atom stereocenters. The van der Waals surface area contributed by atoms with Crippen LogP contribution in [-0.4, -0.2) is 69.2 Å². The molecule has 1 heterocycles. The van der Waals surface area contributed by atoms with Gasteiger partial charge in [-0.15, -0.1) is 0 Å². The first kappa shape index (κ1) is 20.7. The van der Waals surface area contributed by atoms with Gasteiger partial charge in [0.1, 0.15) is 0 Å². The van der Waals surface area contributed by atoms with Gasteiger partial charge in [0.2, 0.25) is 0 Å². The number of likely N-dealkylation sites (tertiary alicyclic amines) is 1. The van der Waals surface area contributed by atoms with Gasteiger partial charge in [-0.2, -0.15) is 0 Å². The summed E-state index contributed by atoms with van der Waals surface area (Å²) in [6.45, 7) is 11.2. The molecule has 1 aromatic rings. The molecular formula is C21H36N4O. The van der Waals surface area contributed by atoms with E-state index < -0.39 is 0 Å². The van der Waals surface area contributed by atoms with Crippen LogP contribution in [0.5, 0.6) is 0 Å². The fraction of sp³-hybridized carbons (Fsp3) is 0.667. The van der Waals surface area contributed by atoms with Crippen LogP contribution in [0, 0.1) is 12.8 Å². The third-order valence-corrected chi connectivity index (χ3v) is 5.18. The van der Waals surface area contributed by atoms with Gasteiger partial charge in [0, 0.05) is 40.3 Å². The van der Waals surface area contributed by atoms with Crippen LogP contribution in [0.2, 0.25) is 0 Å². The first-order valence-electron chi connectivity index (χ1n) is 9.89. The second kappa shape index (κ2) is 11.2. The molecule has 0 aliphatic carbocycles. The lowest BCUT2D eigenvalue weighted by atomic mass is 9.97. The summed E-state index contributed by atoms with van der Waals surface area (Å²) in [7, 11) is 3.90. The van der Waals surface area contributed by atoms with Crippen molar-refractivity contribution in [3.63, 3.8) is 0 Å². The van der Waals surface area contributed by atoms with Crippen LogP contribution in [0.3, 0.4) is 0 Å². The average Bonchev–Trinajstić information content (AvgIpc) is 2.66. The van der Waals surface area contributed by atoms with E-state index in [1.54, 1.807) is 7.11 Å². The Morgan fingerprint density at radius 2 is 2.04 bits per heavy atom. The summed E-state index contributed by atoms with van der Waals surface area (Å²) in [4.78, 5) is 9.67. The quantitative estimate of drug-likeness (QED) is 0.572. The Kier molecular flexibility index (Phi) is 8.92. The van der Waals surface area contributed by atoms with E-state index in [2.05, 4.69) is 60.3 Å². The Bertz CT molecular complexity index is 553. The lowest BCUT2D eigenvalue weighted by Crippen LogP contribution is -2.40. The van der Waals surface area contributed by atoms with Crippen molar-refractivity contribution in [1.82, 2.24) is 15.1 Å². The standard InChI is InChI=1S/C21H36N4O/c1-5-22-21(24(3)17-20-9-7-6-8-18(20)2)23-16-19-10-12-25(13-11-19)14-15-26-4/h6-9,19H,5,10-17H2,1-4H3,(H,22,23). The predicted octanol–water partition coefficient (Wildman–Crippen LogP) is 2.75. The zero-order valence-electron chi connectivity index (χ0n) is 17.0. The molecule has 0 amide bonds. The summed E-state index contributed by atoms with van der Waals surface area (Å²) < 4.78 is 5.18. The van der Waals surface area contributed by atoms with Gasteiger partial charge < -0.3 is 19.9 Å². The van der Waals surface area contributed by atoms with E-state index in [0.29, 0.717) is 5.92 Å². The monoisotopic (exact) mass is 360 g/mol. The highest BCUT2D eigenvalue weighted by molar-refractivity contribution is 5.79. The number of piperidine rings is 1. The predicted molar refractivity (Wildman–Crippen MR) is 110 cm³/mol. The Hall–Kier alpha value is -1.59. The van der Waals surface area contributed by atoms with Gasteiger partial charge in [-0.25, -0.2) is 0 Å². The minimum Gasteiger partial charge on any atom is -0.383 e. The number of methoxy groups -OCH3 is 1. The molecule has 0 aromatic heterocycles. The van der Waals surface area contributed by atoms with E-state index in [0.717, 1.165) is 38.7 Å². The summed E-state index contributed by atoms with van der Waals surface area (Å²) >= 11 is 0. The summed E-state index contributed by atoms with van der Waals surface area (Å²) in [5.41, 5.74) is 2.69. The number of aliphatic imine (C=N–C) groups is 1. The number of ether oxygens (including phenoxy) is 1. The molecule has 1 aliphatic rings. The number of hydrogen-bond acceptors (Lipinski definition) is 3. The topological polar surface area (TPSA) is 40.1 Å². The number of hydrogen-bond donors (Lipinski definition) is 1. The van der Waals surface area contributed by atoms with Crippen LogP contribution >= 0.6 is 0 Å². The van der Waals surface area contributed by atoms with Gasteiger partial charge >= 0.3 is 0 Å². The van der Waals surface area contributed by atoms with Crippen molar-refractivity contribution in [2.24, 2.45) is 10.9 Å². The Balaban J connectivity index is 1.87. The second-order valence-electron chi connectivity index (χ2n) is 7.25. The van der Waals surface area contributed by atoms with Crippen LogP contribution in [0.15, 0.2) is 29.3 Å².